The van der Waals surface area contributed by atoms with Gasteiger partial charge in [-0.15, -0.1) is 0 Å². The molecule has 0 saturated carbocycles. The summed E-state index contributed by atoms with van der Waals surface area (Å²) >= 11 is 13.0. The third kappa shape index (κ3) is 5.12. The minimum Gasteiger partial charge on any atom is -0.493 e. The van der Waals surface area contributed by atoms with E-state index in [0.717, 1.165) is 23.7 Å². The van der Waals surface area contributed by atoms with Crippen LogP contribution in [0.3, 0.4) is 0 Å². The standard InChI is InChI=1S/C22H21Cl2NO4S/c1-4-13(2)29-18-8-5-14(9-19(18)28-3)10-20-21(26)25(22(27)30-20)12-15-6-7-16(23)11-17(15)24/h5-11,13H,4,12H2,1-3H3/b20-10-. The lowest BCUT2D eigenvalue weighted by Crippen LogP contribution is -2.27. The molecule has 1 aliphatic heterocycles. The molecule has 158 valence electrons. The van der Waals surface area contributed by atoms with Gasteiger partial charge in [0.1, 0.15) is 0 Å². The molecule has 0 spiro atoms. The summed E-state index contributed by atoms with van der Waals surface area (Å²) < 4.78 is 11.3. The Morgan fingerprint density at radius 1 is 1.13 bits per heavy atom. The minimum absolute atomic E-state index is 0.0564. The number of halogens is 2. The number of imide groups is 1. The van der Waals surface area contributed by atoms with E-state index in [1.165, 1.54) is 4.90 Å². The van der Waals surface area contributed by atoms with E-state index >= 15 is 0 Å². The van der Waals surface area contributed by atoms with Crippen LogP contribution in [-0.2, 0) is 11.3 Å². The second-order valence-corrected chi connectivity index (χ2v) is 8.59. The smallest absolute Gasteiger partial charge is 0.293 e. The van der Waals surface area contributed by atoms with Crippen LogP contribution in [-0.4, -0.2) is 29.3 Å². The molecule has 5 nitrogen and oxygen atoms in total. The highest BCUT2D eigenvalue weighted by molar-refractivity contribution is 8.18. The number of amides is 2. The van der Waals surface area contributed by atoms with Crippen LogP contribution < -0.4 is 9.47 Å². The van der Waals surface area contributed by atoms with Crippen molar-refractivity contribution in [2.45, 2.75) is 32.9 Å². The van der Waals surface area contributed by atoms with Gasteiger partial charge in [-0.25, -0.2) is 0 Å². The lowest BCUT2D eigenvalue weighted by molar-refractivity contribution is -0.123. The van der Waals surface area contributed by atoms with Gasteiger partial charge in [-0.1, -0.05) is 42.3 Å². The molecule has 0 bridgehead atoms. The van der Waals surface area contributed by atoms with Crippen LogP contribution in [0.4, 0.5) is 4.79 Å². The molecule has 2 aromatic rings. The summed E-state index contributed by atoms with van der Waals surface area (Å²) in [6.45, 7) is 4.11. The first kappa shape index (κ1) is 22.5. The third-order valence-electron chi connectivity index (χ3n) is 4.61. The predicted molar refractivity (Wildman–Crippen MR) is 121 cm³/mol. The zero-order valence-electron chi connectivity index (χ0n) is 16.8. The quantitative estimate of drug-likeness (QED) is 0.441. The van der Waals surface area contributed by atoms with Gasteiger partial charge in [-0.05, 0) is 66.6 Å². The molecule has 1 unspecified atom stereocenters. The number of nitrogens with zero attached hydrogens (tertiary/aromatic N) is 1. The number of hydrogen-bond acceptors (Lipinski definition) is 5. The highest BCUT2D eigenvalue weighted by atomic mass is 35.5. The molecule has 0 aromatic heterocycles. The second kappa shape index (κ2) is 9.77. The molecule has 0 aliphatic carbocycles. The summed E-state index contributed by atoms with van der Waals surface area (Å²) in [6, 6.07) is 10.4. The molecule has 1 heterocycles. The van der Waals surface area contributed by atoms with Gasteiger partial charge in [0.15, 0.2) is 11.5 Å². The molecular weight excluding hydrogens is 445 g/mol. The fourth-order valence-electron chi connectivity index (χ4n) is 2.78. The first-order valence-electron chi connectivity index (χ1n) is 9.36. The van der Waals surface area contributed by atoms with E-state index in [2.05, 4.69) is 0 Å². The van der Waals surface area contributed by atoms with Gasteiger partial charge in [0, 0.05) is 10.0 Å². The number of rotatable bonds is 7. The molecule has 30 heavy (non-hydrogen) atoms. The number of methoxy groups -OCH3 is 1. The molecule has 0 radical (unpaired) electrons. The Hall–Kier alpha value is -2.15. The Morgan fingerprint density at radius 3 is 2.57 bits per heavy atom. The SMILES string of the molecule is CCC(C)Oc1ccc(/C=C2\SC(=O)N(Cc3ccc(Cl)cc3Cl)C2=O)cc1OC. The summed E-state index contributed by atoms with van der Waals surface area (Å²) in [5, 5.41) is 0.556. The van der Waals surface area contributed by atoms with E-state index < -0.39 is 0 Å². The molecule has 0 N–H and O–H groups in total. The molecule has 1 fully saturated rings. The summed E-state index contributed by atoms with van der Waals surface area (Å²) in [5.41, 5.74) is 1.39. The summed E-state index contributed by atoms with van der Waals surface area (Å²) in [7, 11) is 1.56. The van der Waals surface area contributed by atoms with E-state index in [0.29, 0.717) is 32.0 Å². The van der Waals surface area contributed by atoms with Gasteiger partial charge < -0.3 is 9.47 Å². The zero-order chi connectivity index (χ0) is 21.8. The van der Waals surface area contributed by atoms with Gasteiger partial charge in [0.25, 0.3) is 11.1 Å². The Labute approximate surface area is 189 Å². The highest BCUT2D eigenvalue weighted by Gasteiger charge is 2.35. The first-order chi connectivity index (χ1) is 14.3. The van der Waals surface area contributed by atoms with Crippen molar-refractivity contribution in [1.29, 1.82) is 0 Å². The van der Waals surface area contributed by atoms with Crippen molar-refractivity contribution >= 4 is 52.2 Å². The van der Waals surface area contributed by atoms with Crippen LogP contribution in [0, 0.1) is 0 Å². The van der Waals surface area contributed by atoms with Crippen molar-refractivity contribution in [2.75, 3.05) is 7.11 Å². The predicted octanol–water partition coefficient (Wildman–Crippen LogP) is 6.42. The van der Waals surface area contributed by atoms with Crippen molar-refractivity contribution < 1.29 is 19.1 Å². The average Bonchev–Trinajstić information content (AvgIpc) is 2.98. The van der Waals surface area contributed by atoms with Crippen molar-refractivity contribution in [3.63, 3.8) is 0 Å². The van der Waals surface area contributed by atoms with Gasteiger partial charge in [0.2, 0.25) is 0 Å². The second-order valence-electron chi connectivity index (χ2n) is 6.75. The maximum absolute atomic E-state index is 12.8. The number of thioether (sulfide) groups is 1. The zero-order valence-corrected chi connectivity index (χ0v) is 19.1. The molecule has 1 saturated heterocycles. The molecule has 1 atom stereocenters. The van der Waals surface area contributed by atoms with Gasteiger partial charge in [-0.3, -0.25) is 14.5 Å². The van der Waals surface area contributed by atoms with E-state index in [9.17, 15) is 9.59 Å². The Balaban J connectivity index is 1.81. The van der Waals surface area contributed by atoms with Gasteiger partial charge in [0.05, 0.1) is 24.7 Å². The largest absolute Gasteiger partial charge is 0.493 e. The van der Waals surface area contributed by atoms with Crippen molar-refractivity contribution in [3.8, 4) is 11.5 Å². The maximum atomic E-state index is 12.8. The number of carbonyl (C=O) groups is 2. The van der Waals surface area contributed by atoms with Gasteiger partial charge in [-0.2, -0.15) is 0 Å². The molecule has 2 aromatic carbocycles. The van der Waals surface area contributed by atoms with Crippen LogP contribution in [0.1, 0.15) is 31.4 Å². The Kier molecular flexibility index (Phi) is 7.34. The van der Waals surface area contributed by atoms with E-state index in [1.54, 1.807) is 43.5 Å². The van der Waals surface area contributed by atoms with E-state index in [-0.39, 0.29) is 23.8 Å². The molecule has 2 amide bonds. The van der Waals surface area contributed by atoms with Crippen molar-refractivity contribution in [2.24, 2.45) is 0 Å². The molecule has 1 aliphatic rings. The monoisotopic (exact) mass is 465 g/mol. The number of carbonyl (C=O) groups excluding carboxylic acids is 2. The summed E-state index contributed by atoms with van der Waals surface area (Å²) in [4.78, 5) is 26.7. The Morgan fingerprint density at radius 2 is 1.90 bits per heavy atom. The summed E-state index contributed by atoms with van der Waals surface area (Å²) in [6.07, 6.45) is 2.60. The molecule has 3 rings (SSSR count). The van der Waals surface area contributed by atoms with Crippen LogP contribution in [0.5, 0.6) is 11.5 Å². The molecular formula is C22H21Cl2NO4S. The fourth-order valence-corrected chi connectivity index (χ4v) is 4.09. The lowest BCUT2D eigenvalue weighted by atomic mass is 10.1. The Bertz CT molecular complexity index is 1010. The maximum Gasteiger partial charge on any atom is 0.293 e. The summed E-state index contributed by atoms with van der Waals surface area (Å²) in [5.74, 6) is 0.834. The third-order valence-corrected chi connectivity index (χ3v) is 6.10. The van der Waals surface area contributed by atoms with E-state index in [4.69, 9.17) is 32.7 Å². The molecule has 8 heteroatoms. The number of ether oxygens (including phenoxy) is 2. The van der Waals surface area contributed by atoms with Crippen LogP contribution >= 0.6 is 35.0 Å². The van der Waals surface area contributed by atoms with Crippen molar-refractivity contribution in [3.05, 3.63) is 62.5 Å². The van der Waals surface area contributed by atoms with E-state index in [1.807, 2.05) is 19.9 Å². The lowest BCUT2D eigenvalue weighted by Gasteiger charge is -2.16. The fraction of sp³-hybridized carbons (Fsp3) is 0.273. The first-order valence-corrected chi connectivity index (χ1v) is 10.9. The van der Waals surface area contributed by atoms with Crippen molar-refractivity contribution in [1.82, 2.24) is 4.90 Å². The van der Waals surface area contributed by atoms with Gasteiger partial charge >= 0.3 is 0 Å². The topological polar surface area (TPSA) is 55.8 Å². The average molecular weight is 466 g/mol. The minimum atomic E-state index is -0.366. The number of benzene rings is 2. The normalized spacial score (nSPS) is 16.3. The number of hydrogen-bond donors (Lipinski definition) is 0. The highest BCUT2D eigenvalue weighted by Crippen LogP contribution is 2.36. The van der Waals surface area contributed by atoms with Crippen LogP contribution in [0.15, 0.2) is 41.3 Å². The van der Waals surface area contributed by atoms with Crippen LogP contribution in [0.25, 0.3) is 6.08 Å². The van der Waals surface area contributed by atoms with Crippen LogP contribution in [0.2, 0.25) is 10.0 Å².